The topological polar surface area (TPSA) is 0 Å². The molecule has 0 aromatic carbocycles. The number of hydrogen-bond acceptors (Lipinski definition) is 0. The Hall–Kier alpha value is 1.64. The Kier molecular flexibility index (Phi) is 9.43. The van der Waals surface area contributed by atoms with Crippen molar-refractivity contribution in [3.63, 3.8) is 0 Å². The molecule has 0 aromatic rings. The molecule has 0 aliphatic heterocycles. The van der Waals surface area contributed by atoms with E-state index in [1.165, 1.54) is 0 Å². The summed E-state index contributed by atoms with van der Waals surface area (Å²) in [6.45, 7) is 0. The van der Waals surface area contributed by atoms with E-state index in [9.17, 15) is 0 Å². The van der Waals surface area contributed by atoms with Crippen molar-refractivity contribution < 1.29 is 22.4 Å². The van der Waals surface area contributed by atoms with Gasteiger partial charge >= 0.3 is 0 Å². The molecule has 47 valence electrons. The van der Waals surface area contributed by atoms with E-state index >= 15 is 0 Å². The summed E-state index contributed by atoms with van der Waals surface area (Å²) in [6.07, 6.45) is 0. The van der Waals surface area contributed by atoms with E-state index in [-0.39, 0.29) is 31.4 Å². The average Bonchev–Trinajstić information content (AvgIpc) is 1.36. The van der Waals surface area contributed by atoms with Crippen molar-refractivity contribution in [2.24, 2.45) is 0 Å². The zero-order valence-electron chi connectivity index (χ0n) is 2.81. The molecule has 7 heavy (non-hydrogen) atoms. The van der Waals surface area contributed by atoms with Crippen LogP contribution in [0, 0.1) is 0 Å². The molecular weight excluding hydrogens is 363 g/mol. The zero-order valence-corrected chi connectivity index (χ0v) is 8.00. The number of rotatable bonds is 0. The summed E-state index contributed by atoms with van der Waals surface area (Å²) < 4.78 is -0.198. The zero-order chi connectivity index (χ0) is 5.15. The predicted molar refractivity (Wildman–Crippen MR) is 30.4 cm³/mol. The summed E-state index contributed by atoms with van der Waals surface area (Å²) in [5.41, 5.74) is 0. The first-order valence-corrected chi connectivity index (χ1v) is 2.52. The molecule has 0 bridgehead atoms. The third-order valence-electron chi connectivity index (χ3n) is 0.143. The third-order valence-corrected chi connectivity index (χ3v) is 1.29. The fourth-order valence-corrected chi connectivity index (χ4v) is 0. The summed E-state index contributed by atoms with van der Waals surface area (Å²) >= 11 is 20.0. The van der Waals surface area contributed by atoms with Gasteiger partial charge < -0.3 is 0 Å². The molecule has 0 aromatic heterocycles. The molecule has 0 aliphatic rings. The van der Waals surface area contributed by atoms with Gasteiger partial charge in [0.05, 0.1) is 0 Å². The second kappa shape index (κ2) is 5.77. The van der Waals surface area contributed by atoms with Crippen LogP contribution in [-0.4, -0.2) is 0 Å². The van der Waals surface area contributed by atoms with Crippen LogP contribution in [0.5, 0.6) is 0 Å². The first-order valence-electron chi connectivity index (χ1n) is 1.01. The van der Waals surface area contributed by atoms with Gasteiger partial charge in [0.25, 0.3) is 0 Å². The Morgan fingerprint density at radius 3 is 0.857 bits per heavy atom. The Labute approximate surface area is 77.3 Å². The molecule has 0 atom stereocenters. The van der Waals surface area contributed by atoms with Crippen molar-refractivity contribution in [1.29, 1.82) is 0 Å². The Morgan fingerprint density at radius 2 is 0.857 bits per heavy atom. The van der Waals surface area contributed by atoms with Crippen LogP contribution in [0.4, 0.5) is 0 Å². The second-order valence-corrected chi connectivity index (χ2v) is 2.42. The minimum absolute atomic E-state index is 0. The summed E-state index contributed by atoms with van der Waals surface area (Å²) in [5.74, 6) is 0. The summed E-state index contributed by atoms with van der Waals surface area (Å²) in [7, 11) is 0. The average molecular weight is 363 g/mol. The van der Waals surface area contributed by atoms with E-state index in [1.54, 1.807) is 0 Å². The van der Waals surface area contributed by atoms with Crippen molar-refractivity contribution in [3.05, 3.63) is 8.98 Å². The van der Waals surface area contributed by atoms with Crippen molar-refractivity contribution in [2.75, 3.05) is 0 Å². The molecule has 5 heteroatoms. The smallest absolute Gasteiger partial charge is 0.0682 e. The number of hydrogen-bond donors (Lipinski definition) is 0. The standard InChI is InChI=1S/C2Cl4.Au/c3-1(4)2(5)6;. The van der Waals surface area contributed by atoms with E-state index in [0.29, 0.717) is 0 Å². The Bertz CT molecular complexity index is 59.8. The Morgan fingerprint density at radius 1 is 0.714 bits per heavy atom. The normalized spacial score (nSPS) is 6.86. The van der Waals surface area contributed by atoms with Gasteiger partial charge in [-0.1, -0.05) is 46.4 Å². The van der Waals surface area contributed by atoms with Crippen LogP contribution in [0.15, 0.2) is 8.98 Å². The third kappa shape index (κ3) is 7.64. The molecule has 0 N–H and O–H groups in total. The van der Waals surface area contributed by atoms with Crippen LogP contribution < -0.4 is 0 Å². The fraction of sp³-hybridized carbons (Fsp3) is 0. The van der Waals surface area contributed by atoms with Gasteiger partial charge in [0.15, 0.2) is 0 Å². The van der Waals surface area contributed by atoms with E-state index in [2.05, 4.69) is 0 Å². The second-order valence-electron chi connectivity index (χ2n) is 0.521. The molecule has 0 saturated heterocycles. The molecule has 1 radical (unpaired) electrons. The van der Waals surface area contributed by atoms with E-state index < -0.39 is 0 Å². The summed E-state index contributed by atoms with van der Waals surface area (Å²) in [6, 6.07) is 0. The largest absolute Gasteiger partial charge is 0.136 e. The molecule has 0 fully saturated rings. The van der Waals surface area contributed by atoms with Crippen molar-refractivity contribution in [1.82, 2.24) is 0 Å². The maximum absolute atomic E-state index is 4.99. The Balaban J connectivity index is 0. The first kappa shape index (κ1) is 11.4. The monoisotopic (exact) mass is 361 g/mol. The summed E-state index contributed by atoms with van der Waals surface area (Å²) in [4.78, 5) is 0. The summed E-state index contributed by atoms with van der Waals surface area (Å²) in [5, 5.41) is 0. The molecule has 0 amide bonds. The van der Waals surface area contributed by atoms with E-state index in [0.717, 1.165) is 0 Å². The molecule has 0 rings (SSSR count). The van der Waals surface area contributed by atoms with Gasteiger partial charge in [0.1, 0.15) is 8.98 Å². The molecular formula is C2AuCl4. The SMILES string of the molecule is ClC(Cl)=C(Cl)Cl.[Au]. The molecule has 0 nitrogen and oxygen atoms in total. The van der Waals surface area contributed by atoms with Crippen LogP contribution in [0.1, 0.15) is 0 Å². The van der Waals surface area contributed by atoms with Gasteiger partial charge in [-0.05, 0) is 0 Å². The quantitative estimate of drug-likeness (QED) is 0.581. The van der Waals surface area contributed by atoms with Gasteiger partial charge in [0, 0.05) is 22.4 Å². The predicted octanol–water partition coefficient (Wildman–Crippen LogP) is 3.07. The van der Waals surface area contributed by atoms with Gasteiger partial charge in [-0.3, -0.25) is 0 Å². The van der Waals surface area contributed by atoms with Crippen LogP contribution in [0.2, 0.25) is 0 Å². The van der Waals surface area contributed by atoms with Crippen LogP contribution in [0.25, 0.3) is 0 Å². The van der Waals surface area contributed by atoms with E-state index in [1.807, 2.05) is 0 Å². The maximum Gasteiger partial charge on any atom is 0.136 e. The van der Waals surface area contributed by atoms with Gasteiger partial charge in [-0.2, -0.15) is 0 Å². The van der Waals surface area contributed by atoms with Crippen molar-refractivity contribution in [3.8, 4) is 0 Å². The van der Waals surface area contributed by atoms with Crippen molar-refractivity contribution in [2.45, 2.75) is 0 Å². The maximum atomic E-state index is 4.99. The minimum Gasteiger partial charge on any atom is -0.0682 e. The van der Waals surface area contributed by atoms with Crippen LogP contribution in [0.3, 0.4) is 0 Å². The molecule has 0 saturated carbocycles. The molecule has 0 aliphatic carbocycles. The van der Waals surface area contributed by atoms with Gasteiger partial charge in [-0.15, -0.1) is 0 Å². The minimum atomic E-state index is -0.0988. The molecule has 0 unspecified atom stereocenters. The fourth-order valence-electron chi connectivity index (χ4n) is 0. The van der Waals surface area contributed by atoms with Crippen LogP contribution in [-0.2, 0) is 22.4 Å². The van der Waals surface area contributed by atoms with Crippen molar-refractivity contribution >= 4 is 46.4 Å². The molecule has 0 heterocycles. The van der Waals surface area contributed by atoms with Crippen LogP contribution >= 0.6 is 46.4 Å². The van der Waals surface area contributed by atoms with Gasteiger partial charge in [0.2, 0.25) is 0 Å². The number of halogens is 4. The van der Waals surface area contributed by atoms with E-state index in [4.69, 9.17) is 46.4 Å². The van der Waals surface area contributed by atoms with Gasteiger partial charge in [-0.25, -0.2) is 0 Å². The molecule has 0 spiro atoms. The first-order chi connectivity index (χ1) is 2.64.